The minimum Gasteiger partial charge on any atom is -0.482 e. The number of hydrogen-bond acceptors (Lipinski definition) is 4. The fourth-order valence-electron chi connectivity index (χ4n) is 3.76. The number of fused-ring (bicyclic) bond motifs is 1. The SMILES string of the molecule is CCN(CC)C(=O)c1ccc2c(c1)N(CC(=O)N1CCCCCC1)C(=O)CO2. The predicted octanol–water partition coefficient (Wildman–Crippen LogP) is 2.30. The maximum absolute atomic E-state index is 12.8. The highest BCUT2D eigenvalue weighted by atomic mass is 16.5. The molecule has 2 aliphatic heterocycles. The van der Waals surface area contributed by atoms with Gasteiger partial charge >= 0.3 is 0 Å². The molecular weight excluding hydrogens is 358 g/mol. The van der Waals surface area contributed by atoms with E-state index in [1.54, 1.807) is 23.1 Å². The lowest BCUT2D eigenvalue weighted by atomic mass is 10.1. The van der Waals surface area contributed by atoms with E-state index in [0.29, 0.717) is 30.1 Å². The van der Waals surface area contributed by atoms with Crippen molar-refractivity contribution < 1.29 is 19.1 Å². The Labute approximate surface area is 166 Å². The van der Waals surface area contributed by atoms with E-state index in [9.17, 15) is 14.4 Å². The largest absolute Gasteiger partial charge is 0.482 e. The number of benzene rings is 1. The molecule has 3 rings (SSSR count). The molecule has 1 aromatic carbocycles. The first kappa shape index (κ1) is 20.2. The van der Waals surface area contributed by atoms with Crippen molar-refractivity contribution in [2.24, 2.45) is 0 Å². The van der Waals surface area contributed by atoms with Crippen molar-refractivity contribution in [1.29, 1.82) is 0 Å². The highest BCUT2D eigenvalue weighted by Gasteiger charge is 2.30. The molecule has 7 heteroatoms. The normalized spacial score (nSPS) is 16.9. The van der Waals surface area contributed by atoms with Crippen molar-refractivity contribution in [3.63, 3.8) is 0 Å². The average Bonchev–Trinajstić information content (AvgIpc) is 3.00. The number of anilines is 1. The minimum absolute atomic E-state index is 0.0158. The Morgan fingerprint density at radius 3 is 2.39 bits per heavy atom. The zero-order chi connectivity index (χ0) is 20.1. The Morgan fingerprint density at radius 2 is 1.75 bits per heavy atom. The first-order valence-corrected chi connectivity index (χ1v) is 10.2. The molecule has 2 heterocycles. The van der Waals surface area contributed by atoms with Crippen LogP contribution in [0.3, 0.4) is 0 Å². The van der Waals surface area contributed by atoms with Crippen molar-refractivity contribution >= 4 is 23.4 Å². The van der Waals surface area contributed by atoms with E-state index in [2.05, 4.69) is 0 Å². The number of carbonyl (C=O) groups excluding carboxylic acids is 3. The van der Waals surface area contributed by atoms with Crippen LogP contribution in [-0.2, 0) is 9.59 Å². The highest BCUT2D eigenvalue weighted by Crippen LogP contribution is 2.33. The summed E-state index contributed by atoms with van der Waals surface area (Å²) < 4.78 is 5.52. The van der Waals surface area contributed by atoms with Crippen molar-refractivity contribution in [1.82, 2.24) is 9.80 Å². The van der Waals surface area contributed by atoms with E-state index < -0.39 is 0 Å². The molecule has 0 bridgehead atoms. The van der Waals surface area contributed by atoms with Gasteiger partial charge in [0.05, 0.1) is 5.69 Å². The lowest BCUT2D eigenvalue weighted by molar-refractivity contribution is -0.132. The number of carbonyl (C=O) groups is 3. The molecule has 0 radical (unpaired) electrons. The van der Waals surface area contributed by atoms with Gasteiger partial charge in [-0.15, -0.1) is 0 Å². The van der Waals surface area contributed by atoms with Gasteiger partial charge in [-0.05, 0) is 44.9 Å². The summed E-state index contributed by atoms with van der Waals surface area (Å²) in [6.45, 7) is 6.45. The fourth-order valence-corrected chi connectivity index (χ4v) is 3.76. The standard InChI is InChI=1S/C21H29N3O4/c1-3-22(4-2)21(27)16-9-10-18-17(13-16)24(20(26)15-28-18)14-19(25)23-11-7-5-6-8-12-23/h9-10,13H,3-8,11-12,14-15H2,1-2H3. The van der Waals surface area contributed by atoms with Gasteiger partial charge in [0.15, 0.2) is 6.61 Å². The molecule has 1 fully saturated rings. The van der Waals surface area contributed by atoms with Gasteiger partial charge in [0.1, 0.15) is 12.3 Å². The van der Waals surface area contributed by atoms with E-state index >= 15 is 0 Å². The molecule has 28 heavy (non-hydrogen) atoms. The first-order valence-electron chi connectivity index (χ1n) is 10.2. The van der Waals surface area contributed by atoms with E-state index in [-0.39, 0.29) is 30.9 Å². The molecule has 0 atom stereocenters. The zero-order valence-corrected chi connectivity index (χ0v) is 16.8. The Kier molecular flexibility index (Phi) is 6.54. The fraction of sp³-hybridized carbons (Fsp3) is 0.571. The van der Waals surface area contributed by atoms with E-state index in [0.717, 1.165) is 38.8 Å². The van der Waals surface area contributed by atoms with Crippen LogP contribution >= 0.6 is 0 Å². The summed E-state index contributed by atoms with van der Waals surface area (Å²) >= 11 is 0. The van der Waals surface area contributed by atoms with Gasteiger partial charge in [0.2, 0.25) is 5.91 Å². The number of nitrogens with zero attached hydrogens (tertiary/aromatic N) is 3. The van der Waals surface area contributed by atoms with Crippen LogP contribution in [0.25, 0.3) is 0 Å². The summed E-state index contributed by atoms with van der Waals surface area (Å²) in [4.78, 5) is 43.0. The Morgan fingerprint density at radius 1 is 1.07 bits per heavy atom. The van der Waals surface area contributed by atoms with Crippen LogP contribution in [0.5, 0.6) is 5.75 Å². The van der Waals surface area contributed by atoms with Crippen LogP contribution in [0.2, 0.25) is 0 Å². The van der Waals surface area contributed by atoms with Crippen LogP contribution in [0.1, 0.15) is 49.9 Å². The summed E-state index contributed by atoms with van der Waals surface area (Å²) in [5.41, 5.74) is 0.991. The number of amides is 3. The highest BCUT2D eigenvalue weighted by molar-refractivity contribution is 6.04. The molecule has 1 saturated heterocycles. The summed E-state index contributed by atoms with van der Waals surface area (Å²) in [6.07, 6.45) is 4.28. The minimum atomic E-state index is -0.261. The second-order valence-electron chi connectivity index (χ2n) is 7.22. The van der Waals surface area contributed by atoms with Gasteiger partial charge < -0.3 is 14.5 Å². The number of hydrogen-bond donors (Lipinski definition) is 0. The van der Waals surface area contributed by atoms with Gasteiger partial charge in [-0.25, -0.2) is 0 Å². The van der Waals surface area contributed by atoms with Gasteiger partial charge in [-0.2, -0.15) is 0 Å². The van der Waals surface area contributed by atoms with Crippen molar-refractivity contribution in [3.05, 3.63) is 23.8 Å². The smallest absolute Gasteiger partial charge is 0.265 e. The van der Waals surface area contributed by atoms with Gasteiger partial charge in [0.25, 0.3) is 11.8 Å². The Balaban J connectivity index is 1.83. The monoisotopic (exact) mass is 387 g/mol. The first-order chi connectivity index (χ1) is 13.5. The molecule has 0 saturated carbocycles. The molecule has 2 aliphatic rings. The van der Waals surface area contributed by atoms with Crippen LogP contribution in [0, 0.1) is 0 Å². The Hall–Kier alpha value is -2.57. The molecule has 7 nitrogen and oxygen atoms in total. The van der Waals surface area contributed by atoms with E-state index in [1.165, 1.54) is 4.90 Å². The molecule has 0 spiro atoms. The maximum atomic E-state index is 12.8. The molecule has 152 valence electrons. The Bertz CT molecular complexity index is 737. The maximum Gasteiger partial charge on any atom is 0.265 e. The lowest BCUT2D eigenvalue weighted by Gasteiger charge is -2.31. The predicted molar refractivity (Wildman–Crippen MR) is 107 cm³/mol. The molecule has 0 aliphatic carbocycles. The summed E-state index contributed by atoms with van der Waals surface area (Å²) in [5, 5.41) is 0. The van der Waals surface area contributed by atoms with E-state index in [1.807, 2.05) is 18.7 Å². The van der Waals surface area contributed by atoms with Crippen molar-refractivity contribution in [3.8, 4) is 5.75 Å². The lowest BCUT2D eigenvalue weighted by Crippen LogP contribution is -2.46. The van der Waals surface area contributed by atoms with Gasteiger partial charge in [-0.1, -0.05) is 12.8 Å². The second kappa shape index (κ2) is 9.08. The summed E-state index contributed by atoms with van der Waals surface area (Å²) in [5.74, 6) is 0.121. The van der Waals surface area contributed by atoms with Crippen LogP contribution in [0.15, 0.2) is 18.2 Å². The van der Waals surface area contributed by atoms with Gasteiger partial charge in [-0.3, -0.25) is 19.3 Å². The molecule has 0 N–H and O–H groups in total. The number of ether oxygens (including phenoxy) is 1. The van der Waals surface area contributed by atoms with Crippen molar-refractivity contribution in [2.75, 3.05) is 44.2 Å². The molecule has 0 unspecified atom stereocenters. The number of likely N-dealkylation sites (tertiary alicyclic amines) is 1. The second-order valence-corrected chi connectivity index (χ2v) is 7.22. The quantitative estimate of drug-likeness (QED) is 0.777. The average molecular weight is 387 g/mol. The third kappa shape index (κ3) is 4.29. The third-order valence-electron chi connectivity index (χ3n) is 5.45. The van der Waals surface area contributed by atoms with Crippen LogP contribution in [-0.4, -0.2) is 66.9 Å². The van der Waals surface area contributed by atoms with Crippen LogP contribution in [0.4, 0.5) is 5.69 Å². The van der Waals surface area contributed by atoms with Crippen molar-refractivity contribution in [2.45, 2.75) is 39.5 Å². The van der Waals surface area contributed by atoms with Gasteiger partial charge in [0, 0.05) is 31.7 Å². The summed E-state index contributed by atoms with van der Waals surface area (Å²) in [7, 11) is 0. The number of rotatable bonds is 5. The topological polar surface area (TPSA) is 70.2 Å². The molecule has 0 aromatic heterocycles. The summed E-state index contributed by atoms with van der Waals surface area (Å²) in [6, 6.07) is 5.09. The third-order valence-corrected chi connectivity index (χ3v) is 5.45. The van der Waals surface area contributed by atoms with E-state index in [4.69, 9.17) is 4.74 Å². The van der Waals surface area contributed by atoms with Crippen LogP contribution < -0.4 is 9.64 Å². The molecular formula is C21H29N3O4. The molecule has 1 aromatic rings. The zero-order valence-electron chi connectivity index (χ0n) is 16.8. The molecule has 3 amide bonds.